The molecular weight excluding hydrogens is 298 g/mol. The number of hydrogen-bond acceptors (Lipinski definition) is 5. The molecule has 0 aliphatic carbocycles. The van der Waals surface area contributed by atoms with Crippen LogP contribution in [0.2, 0.25) is 0 Å². The maximum atomic E-state index is 12.2. The highest BCUT2D eigenvalue weighted by atomic mass is 16.5. The van der Waals surface area contributed by atoms with Gasteiger partial charge in [0.2, 0.25) is 5.91 Å². The molecule has 3 rings (SSSR count). The van der Waals surface area contributed by atoms with Crippen molar-refractivity contribution in [1.82, 2.24) is 15.1 Å². The van der Waals surface area contributed by atoms with E-state index in [0.29, 0.717) is 33.0 Å². The first-order valence-electron chi connectivity index (χ1n) is 8.30. The molecule has 7 nitrogen and oxygen atoms in total. The number of ether oxygens (including phenoxy) is 3. The summed E-state index contributed by atoms with van der Waals surface area (Å²) in [5, 5.41) is 7.62. The minimum atomic E-state index is -0.161. The zero-order valence-electron chi connectivity index (χ0n) is 13.6. The molecule has 3 heterocycles. The van der Waals surface area contributed by atoms with E-state index in [2.05, 4.69) is 16.6 Å². The van der Waals surface area contributed by atoms with E-state index in [1.165, 1.54) is 5.56 Å². The molecular formula is C16H25N3O4. The topological polar surface area (TPSA) is 74.6 Å². The first-order chi connectivity index (χ1) is 11.3. The van der Waals surface area contributed by atoms with Crippen LogP contribution < -0.4 is 5.32 Å². The summed E-state index contributed by atoms with van der Waals surface area (Å²) in [6, 6.07) is 0. The third-order valence-electron chi connectivity index (χ3n) is 4.44. The number of fused-ring (bicyclic) bond motifs is 1. The van der Waals surface area contributed by atoms with Crippen molar-refractivity contribution in [2.45, 2.75) is 31.9 Å². The van der Waals surface area contributed by atoms with E-state index in [1.807, 2.05) is 4.68 Å². The van der Waals surface area contributed by atoms with Crippen molar-refractivity contribution >= 4 is 5.91 Å². The number of nitrogens with one attached hydrogen (secondary N) is 1. The standard InChI is InChI=1S/C16H25N3O4/c1-21-9-5-19-11-13-4-8-23-14(15(13)18-19)10-17-16(20)12-2-6-22-7-3-12/h11-12,14H,2-10H2,1H3,(H,17,20)/t14-/m0/s1. The maximum absolute atomic E-state index is 12.2. The fourth-order valence-corrected chi connectivity index (χ4v) is 3.08. The lowest BCUT2D eigenvalue weighted by Crippen LogP contribution is -2.37. The lowest BCUT2D eigenvalue weighted by molar-refractivity contribution is -0.128. The average Bonchev–Trinajstić information content (AvgIpc) is 3.02. The van der Waals surface area contributed by atoms with E-state index in [-0.39, 0.29) is 17.9 Å². The number of amides is 1. The molecule has 1 aromatic heterocycles. The van der Waals surface area contributed by atoms with Gasteiger partial charge in [-0.15, -0.1) is 0 Å². The van der Waals surface area contributed by atoms with Crippen LogP contribution >= 0.6 is 0 Å². The zero-order valence-corrected chi connectivity index (χ0v) is 13.6. The van der Waals surface area contributed by atoms with Gasteiger partial charge in [0.15, 0.2) is 0 Å². The lowest BCUT2D eigenvalue weighted by Gasteiger charge is -2.25. The fraction of sp³-hybridized carbons (Fsp3) is 0.750. The molecule has 128 valence electrons. The molecule has 1 amide bonds. The van der Waals surface area contributed by atoms with E-state index >= 15 is 0 Å². The largest absolute Gasteiger partial charge is 0.383 e. The summed E-state index contributed by atoms with van der Waals surface area (Å²) >= 11 is 0. The first-order valence-corrected chi connectivity index (χ1v) is 8.30. The fourth-order valence-electron chi connectivity index (χ4n) is 3.08. The molecule has 1 fully saturated rings. The van der Waals surface area contributed by atoms with E-state index in [0.717, 1.165) is 31.5 Å². The monoisotopic (exact) mass is 323 g/mol. The predicted octanol–water partition coefficient (Wildman–Crippen LogP) is 0.686. The van der Waals surface area contributed by atoms with E-state index in [9.17, 15) is 4.79 Å². The Balaban J connectivity index is 1.57. The SMILES string of the molecule is COCCn1cc2c(n1)[C@H](CNC(=O)C1CCOCC1)OCC2. The molecule has 0 unspecified atom stereocenters. The van der Waals surface area contributed by atoms with Gasteiger partial charge in [-0.25, -0.2) is 0 Å². The van der Waals surface area contributed by atoms with Crippen LogP contribution in [0.5, 0.6) is 0 Å². The number of rotatable bonds is 6. The highest BCUT2D eigenvalue weighted by Crippen LogP contribution is 2.25. The Morgan fingerprint density at radius 3 is 3.04 bits per heavy atom. The van der Waals surface area contributed by atoms with Crippen LogP contribution in [0.25, 0.3) is 0 Å². The summed E-state index contributed by atoms with van der Waals surface area (Å²) in [6.07, 6.45) is 4.37. The minimum absolute atomic E-state index is 0.0612. The molecule has 7 heteroatoms. The quantitative estimate of drug-likeness (QED) is 0.833. The molecule has 23 heavy (non-hydrogen) atoms. The molecule has 0 saturated carbocycles. The molecule has 2 aliphatic heterocycles. The van der Waals surface area contributed by atoms with Crippen LogP contribution in [0, 0.1) is 5.92 Å². The Bertz CT molecular complexity index is 525. The third kappa shape index (κ3) is 4.10. The van der Waals surface area contributed by atoms with Gasteiger partial charge in [0.1, 0.15) is 6.10 Å². The van der Waals surface area contributed by atoms with Gasteiger partial charge < -0.3 is 19.5 Å². The number of aromatic nitrogens is 2. The third-order valence-corrected chi connectivity index (χ3v) is 4.44. The van der Waals surface area contributed by atoms with Crippen molar-refractivity contribution in [2.75, 3.05) is 40.1 Å². The Labute approximate surface area is 136 Å². The first kappa shape index (κ1) is 16.4. The zero-order chi connectivity index (χ0) is 16.1. The van der Waals surface area contributed by atoms with Gasteiger partial charge in [-0.3, -0.25) is 9.48 Å². The van der Waals surface area contributed by atoms with Crippen LogP contribution in [0.15, 0.2) is 6.20 Å². The van der Waals surface area contributed by atoms with Crippen molar-refractivity contribution in [1.29, 1.82) is 0 Å². The molecule has 0 radical (unpaired) electrons. The number of nitrogens with zero attached hydrogens (tertiary/aromatic N) is 2. The minimum Gasteiger partial charge on any atom is -0.383 e. The van der Waals surface area contributed by atoms with Crippen LogP contribution in [0.3, 0.4) is 0 Å². The van der Waals surface area contributed by atoms with Crippen LogP contribution in [0.4, 0.5) is 0 Å². The Morgan fingerprint density at radius 2 is 2.26 bits per heavy atom. The summed E-state index contributed by atoms with van der Waals surface area (Å²) in [6.45, 7) is 3.85. The lowest BCUT2D eigenvalue weighted by atomic mass is 9.99. The Morgan fingerprint density at radius 1 is 1.43 bits per heavy atom. The molecule has 0 bridgehead atoms. The molecule has 2 aliphatic rings. The molecule has 1 aromatic rings. The van der Waals surface area contributed by atoms with Gasteiger partial charge in [-0.1, -0.05) is 0 Å². The van der Waals surface area contributed by atoms with Crippen molar-refractivity contribution < 1.29 is 19.0 Å². The second-order valence-electron chi connectivity index (χ2n) is 6.04. The van der Waals surface area contributed by atoms with Crippen molar-refractivity contribution in [3.05, 3.63) is 17.5 Å². The van der Waals surface area contributed by atoms with E-state index < -0.39 is 0 Å². The second-order valence-corrected chi connectivity index (χ2v) is 6.04. The highest BCUT2D eigenvalue weighted by Gasteiger charge is 2.27. The van der Waals surface area contributed by atoms with Gasteiger partial charge >= 0.3 is 0 Å². The molecule has 1 N–H and O–H groups in total. The normalized spacial score (nSPS) is 21.9. The highest BCUT2D eigenvalue weighted by molar-refractivity contribution is 5.78. The van der Waals surface area contributed by atoms with Gasteiger partial charge in [-0.2, -0.15) is 5.10 Å². The van der Waals surface area contributed by atoms with Crippen molar-refractivity contribution in [3.63, 3.8) is 0 Å². The van der Waals surface area contributed by atoms with Gasteiger partial charge in [0.05, 0.1) is 25.5 Å². The van der Waals surface area contributed by atoms with Crippen molar-refractivity contribution in [3.8, 4) is 0 Å². The predicted molar refractivity (Wildman–Crippen MR) is 83.1 cm³/mol. The summed E-state index contributed by atoms with van der Waals surface area (Å²) in [7, 11) is 1.68. The van der Waals surface area contributed by atoms with E-state index in [4.69, 9.17) is 14.2 Å². The molecule has 1 atom stereocenters. The number of carbonyl (C=O) groups excluding carboxylic acids is 1. The average molecular weight is 323 g/mol. The Hall–Kier alpha value is -1.44. The van der Waals surface area contributed by atoms with Crippen LogP contribution in [0.1, 0.15) is 30.2 Å². The summed E-state index contributed by atoms with van der Waals surface area (Å²) in [5.41, 5.74) is 2.15. The summed E-state index contributed by atoms with van der Waals surface area (Å²) < 4.78 is 18.1. The second kappa shape index (κ2) is 7.90. The number of carbonyl (C=O) groups is 1. The van der Waals surface area contributed by atoms with Gasteiger partial charge in [0, 0.05) is 39.0 Å². The molecule has 1 saturated heterocycles. The van der Waals surface area contributed by atoms with Crippen molar-refractivity contribution in [2.24, 2.45) is 5.92 Å². The number of methoxy groups -OCH3 is 1. The van der Waals surface area contributed by atoms with Gasteiger partial charge in [-0.05, 0) is 24.8 Å². The molecule has 0 aromatic carbocycles. The Kier molecular flexibility index (Phi) is 5.64. The summed E-state index contributed by atoms with van der Waals surface area (Å²) in [4.78, 5) is 12.2. The number of hydrogen-bond donors (Lipinski definition) is 1. The smallest absolute Gasteiger partial charge is 0.223 e. The molecule has 0 spiro atoms. The van der Waals surface area contributed by atoms with Crippen LogP contribution in [-0.2, 0) is 32.0 Å². The summed E-state index contributed by atoms with van der Waals surface area (Å²) in [5.74, 6) is 0.161. The van der Waals surface area contributed by atoms with E-state index in [1.54, 1.807) is 7.11 Å². The van der Waals surface area contributed by atoms with Crippen LogP contribution in [-0.4, -0.2) is 55.8 Å². The van der Waals surface area contributed by atoms with Gasteiger partial charge in [0.25, 0.3) is 0 Å². The maximum Gasteiger partial charge on any atom is 0.223 e.